The van der Waals surface area contributed by atoms with E-state index in [1.165, 1.54) is 0 Å². The molecule has 0 aliphatic carbocycles. The van der Waals surface area contributed by atoms with Crippen LogP contribution in [0.3, 0.4) is 0 Å². The van der Waals surface area contributed by atoms with Gasteiger partial charge >= 0.3 is 0 Å². The SMILES string of the molecule is Oc1ccccc1.[Si].[Ti]. The molecule has 1 rings (SSSR count). The van der Waals surface area contributed by atoms with Crippen LogP contribution in [0.5, 0.6) is 5.75 Å². The van der Waals surface area contributed by atoms with Crippen molar-refractivity contribution in [2.75, 3.05) is 0 Å². The average Bonchev–Trinajstić information content (AvgIpc) is 1.69. The summed E-state index contributed by atoms with van der Waals surface area (Å²) in [5.41, 5.74) is 0. The first-order valence-electron chi connectivity index (χ1n) is 2.13. The molecule has 0 bridgehead atoms. The van der Waals surface area contributed by atoms with Crippen molar-refractivity contribution in [3.05, 3.63) is 30.3 Å². The predicted molar refractivity (Wildman–Crippen MR) is 33.9 cm³/mol. The Hall–Kier alpha value is -0.0488. The summed E-state index contributed by atoms with van der Waals surface area (Å²) in [6.45, 7) is 0. The molecule has 0 atom stereocenters. The van der Waals surface area contributed by atoms with E-state index in [1.807, 2.05) is 6.07 Å². The summed E-state index contributed by atoms with van der Waals surface area (Å²) in [6, 6.07) is 8.71. The minimum absolute atomic E-state index is 0. The van der Waals surface area contributed by atoms with Gasteiger partial charge in [0.1, 0.15) is 5.75 Å². The summed E-state index contributed by atoms with van der Waals surface area (Å²) in [6.07, 6.45) is 0. The van der Waals surface area contributed by atoms with Gasteiger partial charge in [0.2, 0.25) is 0 Å². The van der Waals surface area contributed by atoms with Gasteiger partial charge in [0.25, 0.3) is 0 Å². The van der Waals surface area contributed by atoms with E-state index in [-0.39, 0.29) is 32.7 Å². The Morgan fingerprint density at radius 3 is 1.67 bits per heavy atom. The van der Waals surface area contributed by atoms with Crippen molar-refractivity contribution in [1.29, 1.82) is 0 Å². The predicted octanol–water partition coefficient (Wildman–Crippen LogP) is 1.01. The van der Waals surface area contributed by atoms with Crippen LogP contribution in [-0.4, -0.2) is 16.1 Å². The van der Waals surface area contributed by atoms with Crippen LogP contribution in [0.15, 0.2) is 30.3 Å². The number of para-hydroxylation sites is 1. The molecule has 0 aliphatic heterocycles. The third kappa shape index (κ3) is 4.45. The molecule has 44 valence electrons. The molecule has 9 heavy (non-hydrogen) atoms. The molecule has 1 aromatic carbocycles. The van der Waals surface area contributed by atoms with Crippen molar-refractivity contribution < 1.29 is 26.8 Å². The Morgan fingerprint density at radius 2 is 1.44 bits per heavy atom. The Bertz CT molecular complexity index is 143. The van der Waals surface area contributed by atoms with E-state index < -0.39 is 0 Å². The Balaban J connectivity index is 0. The summed E-state index contributed by atoms with van der Waals surface area (Å²) >= 11 is 0. The van der Waals surface area contributed by atoms with E-state index in [1.54, 1.807) is 24.3 Å². The number of benzene rings is 1. The maximum Gasteiger partial charge on any atom is 0.115 e. The number of aromatic hydroxyl groups is 1. The number of phenolic OH excluding ortho intramolecular Hbond substituents is 1. The van der Waals surface area contributed by atoms with Crippen LogP contribution >= 0.6 is 0 Å². The summed E-state index contributed by atoms with van der Waals surface area (Å²) in [5, 5.41) is 8.63. The van der Waals surface area contributed by atoms with Crippen molar-refractivity contribution in [3.8, 4) is 5.75 Å². The van der Waals surface area contributed by atoms with Crippen LogP contribution in [0.25, 0.3) is 0 Å². The monoisotopic (exact) mass is 170 g/mol. The second-order valence-corrected chi connectivity index (χ2v) is 1.34. The minimum atomic E-state index is 0. The van der Waals surface area contributed by atoms with Crippen molar-refractivity contribution in [2.45, 2.75) is 0 Å². The molecule has 0 saturated carbocycles. The molecule has 3 heteroatoms. The van der Waals surface area contributed by atoms with E-state index in [2.05, 4.69) is 0 Å². The van der Waals surface area contributed by atoms with Crippen molar-refractivity contribution in [1.82, 2.24) is 0 Å². The Kier molecular flexibility index (Phi) is 7.91. The zero-order chi connectivity index (χ0) is 5.11. The van der Waals surface area contributed by atoms with Gasteiger partial charge in [-0.2, -0.15) is 0 Å². The summed E-state index contributed by atoms with van der Waals surface area (Å²) < 4.78 is 0. The van der Waals surface area contributed by atoms with Crippen LogP contribution in [0.4, 0.5) is 0 Å². The third-order valence-corrected chi connectivity index (χ3v) is 0.756. The minimum Gasteiger partial charge on any atom is -0.508 e. The van der Waals surface area contributed by atoms with Crippen molar-refractivity contribution >= 4 is 11.0 Å². The molecule has 0 aromatic heterocycles. The van der Waals surface area contributed by atoms with Gasteiger partial charge in [0.05, 0.1) is 0 Å². The first-order valence-corrected chi connectivity index (χ1v) is 2.13. The van der Waals surface area contributed by atoms with Gasteiger partial charge in [-0.3, -0.25) is 0 Å². The van der Waals surface area contributed by atoms with E-state index in [0.29, 0.717) is 5.75 Å². The fourth-order valence-corrected chi connectivity index (χ4v) is 0.428. The van der Waals surface area contributed by atoms with Crippen LogP contribution in [0.1, 0.15) is 0 Å². The summed E-state index contributed by atoms with van der Waals surface area (Å²) in [7, 11) is 0. The van der Waals surface area contributed by atoms with Crippen molar-refractivity contribution in [3.63, 3.8) is 0 Å². The molecular weight excluding hydrogens is 164 g/mol. The van der Waals surface area contributed by atoms with Crippen LogP contribution in [0.2, 0.25) is 0 Å². The van der Waals surface area contributed by atoms with Gasteiger partial charge < -0.3 is 5.11 Å². The average molecular weight is 170 g/mol. The normalized spacial score (nSPS) is 6.67. The number of hydrogen-bond donors (Lipinski definition) is 1. The third-order valence-electron chi connectivity index (χ3n) is 0.756. The molecule has 1 nitrogen and oxygen atoms in total. The largest absolute Gasteiger partial charge is 0.508 e. The molecule has 0 aliphatic rings. The smallest absolute Gasteiger partial charge is 0.115 e. The van der Waals surface area contributed by atoms with E-state index in [9.17, 15) is 0 Å². The topological polar surface area (TPSA) is 20.2 Å². The van der Waals surface area contributed by atoms with Gasteiger partial charge in [-0.1, -0.05) is 18.2 Å². The standard InChI is InChI=1S/C6H6O.Si.Ti/c7-6-4-2-1-3-5-6;;/h1-5,7H;;. The molecule has 1 aromatic rings. The molecule has 0 spiro atoms. The van der Waals surface area contributed by atoms with Gasteiger partial charge in [0, 0.05) is 32.7 Å². The summed E-state index contributed by atoms with van der Waals surface area (Å²) in [5.74, 6) is 0.322. The van der Waals surface area contributed by atoms with Gasteiger partial charge in [-0.15, -0.1) is 0 Å². The maximum absolute atomic E-state index is 8.63. The number of hydrogen-bond acceptors (Lipinski definition) is 1. The van der Waals surface area contributed by atoms with E-state index in [4.69, 9.17) is 5.11 Å². The van der Waals surface area contributed by atoms with Gasteiger partial charge in [0.15, 0.2) is 0 Å². The number of rotatable bonds is 0. The van der Waals surface area contributed by atoms with Crippen LogP contribution in [-0.2, 0) is 21.7 Å². The van der Waals surface area contributed by atoms with E-state index in [0.717, 1.165) is 0 Å². The fourth-order valence-electron chi connectivity index (χ4n) is 0.428. The van der Waals surface area contributed by atoms with Crippen LogP contribution in [0, 0.1) is 0 Å². The summed E-state index contributed by atoms with van der Waals surface area (Å²) in [4.78, 5) is 0. The Labute approximate surface area is 74.0 Å². The van der Waals surface area contributed by atoms with Crippen LogP contribution < -0.4 is 0 Å². The molecular formula is C6H6OSiTi. The molecule has 1 N–H and O–H groups in total. The second-order valence-electron chi connectivity index (χ2n) is 1.34. The molecule has 0 unspecified atom stereocenters. The van der Waals surface area contributed by atoms with Crippen molar-refractivity contribution in [2.24, 2.45) is 0 Å². The Morgan fingerprint density at radius 1 is 1.00 bits per heavy atom. The molecule has 0 fully saturated rings. The molecule has 0 saturated heterocycles. The molecule has 4 radical (unpaired) electrons. The number of phenols is 1. The molecule has 0 amide bonds. The van der Waals surface area contributed by atoms with Gasteiger partial charge in [-0.25, -0.2) is 0 Å². The van der Waals surface area contributed by atoms with Gasteiger partial charge in [-0.05, 0) is 12.1 Å². The zero-order valence-electron chi connectivity index (χ0n) is 4.83. The second kappa shape index (κ2) is 6.08. The zero-order valence-corrected chi connectivity index (χ0v) is 7.40. The fraction of sp³-hybridized carbons (Fsp3) is 0. The first kappa shape index (κ1) is 11.7. The first-order chi connectivity index (χ1) is 3.39. The molecule has 0 heterocycles. The maximum atomic E-state index is 8.63. The van der Waals surface area contributed by atoms with E-state index >= 15 is 0 Å². The quantitative estimate of drug-likeness (QED) is 0.576.